The molecule has 0 fully saturated rings. The number of hydrogen-bond donors (Lipinski definition) is 0. The van der Waals surface area contributed by atoms with Crippen molar-refractivity contribution in [1.29, 1.82) is 0 Å². The lowest BCUT2D eigenvalue weighted by atomic mass is 9.86. The molecule has 0 saturated carbocycles. The first-order chi connectivity index (χ1) is 14.8. The van der Waals surface area contributed by atoms with Crippen LogP contribution in [0.15, 0.2) is 61.2 Å². The van der Waals surface area contributed by atoms with Crippen LogP contribution < -0.4 is 4.90 Å². The molecule has 4 aromatic rings. The number of halogens is 1. The first-order valence-electron chi connectivity index (χ1n) is 10.6. The van der Waals surface area contributed by atoms with Gasteiger partial charge in [-0.25, -0.2) is 9.97 Å². The maximum absolute atomic E-state index is 13.5. The van der Waals surface area contributed by atoms with Crippen LogP contribution in [0.5, 0.6) is 0 Å². The highest BCUT2D eigenvalue weighted by Gasteiger charge is 2.22. The lowest BCUT2D eigenvalue weighted by Crippen LogP contribution is -2.32. The number of hydrogen-bond acceptors (Lipinski definition) is 4. The molecule has 0 atom stereocenters. The number of carbonyl (C=O) groups excluding carboxylic acids is 1. The average Bonchev–Trinajstić information content (AvgIpc) is 3.41. The van der Waals surface area contributed by atoms with Gasteiger partial charge in [0, 0.05) is 31.0 Å². The van der Waals surface area contributed by atoms with E-state index in [1.54, 1.807) is 23.9 Å². The number of carbonyl (C=O) groups is 1. The van der Waals surface area contributed by atoms with Gasteiger partial charge in [-0.15, -0.1) is 12.4 Å². The number of anilines is 1. The van der Waals surface area contributed by atoms with Gasteiger partial charge in [0.15, 0.2) is 5.13 Å². The van der Waals surface area contributed by atoms with Crippen LogP contribution in [0.1, 0.15) is 48.7 Å². The van der Waals surface area contributed by atoms with Crippen LogP contribution in [0.3, 0.4) is 0 Å². The second kappa shape index (κ2) is 9.84. The van der Waals surface area contributed by atoms with E-state index >= 15 is 0 Å². The van der Waals surface area contributed by atoms with E-state index in [0.29, 0.717) is 12.1 Å². The summed E-state index contributed by atoms with van der Waals surface area (Å²) in [6.45, 7) is 9.98. The van der Waals surface area contributed by atoms with Crippen molar-refractivity contribution < 1.29 is 4.79 Å². The Morgan fingerprint density at radius 3 is 2.50 bits per heavy atom. The fourth-order valence-corrected chi connectivity index (χ4v) is 4.64. The van der Waals surface area contributed by atoms with Crippen molar-refractivity contribution in [2.45, 2.75) is 46.1 Å². The fourth-order valence-electron chi connectivity index (χ4n) is 3.57. The third kappa shape index (κ3) is 5.19. The number of fused-ring (bicyclic) bond motifs is 1. The SMILES string of the molecule is Cc1cccc2sc(N(CCCn3ccnc3)C(=O)c3ccc(C(C)(C)C)cc3)nc12.Cl. The maximum Gasteiger partial charge on any atom is 0.260 e. The molecule has 2 aromatic heterocycles. The first-order valence-corrected chi connectivity index (χ1v) is 11.4. The van der Waals surface area contributed by atoms with Gasteiger partial charge in [-0.3, -0.25) is 9.69 Å². The van der Waals surface area contributed by atoms with E-state index in [0.717, 1.165) is 33.9 Å². The molecule has 0 radical (unpaired) electrons. The number of imidazole rings is 1. The molecule has 2 aromatic carbocycles. The monoisotopic (exact) mass is 468 g/mol. The quantitative estimate of drug-likeness (QED) is 0.335. The summed E-state index contributed by atoms with van der Waals surface area (Å²) in [4.78, 5) is 24.3. The summed E-state index contributed by atoms with van der Waals surface area (Å²) in [6.07, 6.45) is 6.34. The summed E-state index contributed by atoms with van der Waals surface area (Å²) >= 11 is 1.57. The number of rotatable bonds is 6. The van der Waals surface area contributed by atoms with Crippen molar-refractivity contribution in [3.8, 4) is 0 Å². The third-order valence-electron chi connectivity index (χ3n) is 5.44. The molecule has 0 spiro atoms. The summed E-state index contributed by atoms with van der Waals surface area (Å²) in [7, 11) is 0. The van der Waals surface area contributed by atoms with E-state index in [4.69, 9.17) is 4.98 Å². The molecule has 0 N–H and O–H groups in total. The largest absolute Gasteiger partial charge is 0.337 e. The van der Waals surface area contributed by atoms with Crippen LogP contribution in [0, 0.1) is 6.92 Å². The van der Waals surface area contributed by atoms with Crippen LogP contribution in [-0.4, -0.2) is 27.0 Å². The summed E-state index contributed by atoms with van der Waals surface area (Å²) in [5.41, 5.74) is 4.05. The van der Waals surface area contributed by atoms with Crippen molar-refractivity contribution in [2.24, 2.45) is 0 Å². The molecule has 7 heteroatoms. The van der Waals surface area contributed by atoms with Gasteiger partial charge in [0.1, 0.15) is 0 Å². The van der Waals surface area contributed by atoms with Crippen LogP contribution >= 0.6 is 23.7 Å². The number of amides is 1. The predicted octanol–water partition coefficient (Wildman–Crippen LogP) is 6.26. The van der Waals surface area contributed by atoms with Crippen LogP contribution in [0.2, 0.25) is 0 Å². The van der Waals surface area contributed by atoms with E-state index in [1.165, 1.54) is 5.56 Å². The Bertz CT molecular complexity index is 1180. The predicted molar refractivity (Wildman–Crippen MR) is 135 cm³/mol. The zero-order valence-electron chi connectivity index (χ0n) is 18.9. The van der Waals surface area contributed by atoms with E-state index < -0.39 is 0 Å². The topological polar surface area (TPSA) is 51.0 Å². The number of thiazole rings is 1. The minimum atomic E-state index is -0.0113. The highest BCUT2D eigenvalue weighted by Crippen LogP contribution is 2.32. The van der Waals surface area contributed by atoms with Crippen LogP contribution in [0.25, 0.3) is 10.2 Å². The number of para-hydroxylation sites is 1. The van der Waals surface area contributed by atoms with Crippen molar-refractivity contribution in [3.05, 3.63) is 77.9 Å². The molecule has 32 heavy (non-hydrogen) atoms. The summed E-state index contributed by atoms with van der Waals surface area (Å²) in [6, 6.07) is 14.1. The summed E-state index contributed by atoms with van der Waals surface area (Å²) in [5, 5.41) is 0.750. The molecule has 0 unspecified atom stereocenters. The molecular formula is C25H29ClN4OS. The average molecular weight is 469 g/mol. The van der Waals surface area contributed by atoms with Gasteiger partial charge in [-0.2, -0.15) is 0 Å². The molecule has 1 amide bonds. The Morgan fingerprint density at radius 1 is 1.12 bits per heavy atom. The number of aryl methyl sites for hydroxylation is 2. The Balaban J connectivity index is 0.00000289. The molecule has 5 nitrogen and oxygen atoms in total. The molecule has 2 heterocycles. The van der Waals surface area contributed by atoms with Crippen molar-refractivity contribution in [3.63, 3.8) is 0 Å². The molecular weight excluding hydrogens is 440 g/mol. The Hall–Kier alpha value is -2.70. The smallest absolute Gasteiger partial charge is 0.260 e. The van der Waals surface area contributed by atoms with Gasteiger partial charge in [0.25, 0.3) is 5.91 Å². The van der Waals surface area contributed by atoms with Gasteiger partial charge < -0.3 is 4.57 Å². The lowest BCUT2D eigenvalue weighted by molar-refractivity contribution is 0.0986. The fraction of sp³-hybridized carbons (Fsp3) is 0.320. The minimum Gasteiger partial charge on any atom is -0.337 e. The van der Waals surface area contributed by atoms with Gasteiger partial charge in [0.2, 0.25) is 0 Å². The molecule has 0 saturated heterocycles. The highest BCUT2D eigenvalue weighted by molar-refractivity contribution is 7.22. The molecule has 0 aliphatic rings. The van der Waals surface area contributed by atoms with E-state index in [9.17, 15) is 4.79 Å². The first kappa shape index (κ1) is 24.0. The summed E-state index contributed by atoms with van der Waals surface area (Å²) < 4.78 is 3.13. The van der Waals surface area contributed by atoms with Crippen molar-refractivity contribution in [2.75, 3.05) is 11.4 Å². The Labute approximate surface area is 199 Å². The second-order valence-corrected chi connectivity index (χ2v) is 9.87. The second-order valence-electron chi connectivity index (χ2n) is 8.86. The van der Waals surface area contributed by atoms with Crippen molar-refractivity contribution in [1.82, 2.24) is 14.5 Å². The van der Waals surface area contributed by atoms with Crippen LogP contribution in [0.4, 0.5) is 5.13 Å². The zero-order valence-corrected chi connectivity index (χ0v) is 20.5. The lowest BCUT2D eigenvalue weighted by Gasteiger charge is -2.22. The standard InChI is InChI=1S/C25H28N4OS.ClH/c1-18-7-5-8-21-22(18)27-24(31-21)29(15-6-14-28-16-13-26-17-28)23(30)19-9-11-20(12-10-19)25(2,3)4;/h5,7-13,16-17H,6,14-15H2,1-4H3;1H. The van der Waals surface area contributed by atoms with Crippen molar-refractivity contribution >= 4 is 45.0 Å². The van der Waals surface area contributed by atoms with E-state index in [2.05, 4.69) is 56.9 Å². The highest BCUT2D eigenvalue weighted by atomic mass is 35.5. The van der Waals surface area contributed by atoms with Gasteiger partial charge in [-0.1, -0.05) is 56.4 Å². The molecule has 4 rings (SSSR count). The van der Waals surface area contributed by atoms with Gasteiger partial charge in [0.05, 0.1) is 16.5 Å². The van der Waals surface area contributed by atoms with Gasteiger partial charge >= 0.3 is 0 Å². The Kier molecular flexibility index (Phi) is 7.36. The zero-order chi connectivity index (χ0) is 22.0. The maximum atomic E-state index is 13.5. The molecule has 168 valence electrons. The molecule has 0 aliphatic carbocycles. The van der Waals surface area contributed by atoms with E-state index in [-0.39, 0.29) is 23.7 Å². The molecule has 0 aliphatic heterocycles. The van der Waals surface area contributed by atoms with Gasteiger partial charge in [-0.05, 0) is 48.1 Å². The van der Waals surface area contributed by atoms with Crippen LogP contribution in [-0.2, 0) is 12.0 Å². The summed E-state index contributed by atoms with van der Waals surface area (Å²) in [5.74, 6) is -0.0113. The number of nitrogens with zero attached hydrogens (tertiary/aromatic N) is 4. The third-order valence-corrected chi connectivity index (χ3v) is 6.48. The normalized spacial score (nSPS) is 11.4. The van der Waals surface area contributed by atoms with E-state index in [1.807, 2.05) is 33.9 Å². The Morgan fingerprint density at radius 2 is 1.88 bits per heavy atom. The molecule has 0 bridgehead atoms. The minimum absolute atomic E-state index is 0. The number of benzene rings is 2. The number of aromatic nitrogens is 3.